The van der Waals surface area contributed by atoms with Gasteiger partial charge in [-0.15, -0.1) is 0 Å². The van der Waals surface area contributed by atoms with Crippen molar-refractivity contribution in [2.75, 3.05) is 6.61 Å². The average Bonchev–Trinajstić information content (AvgIpc) is 3.44. The highest BCUT2D eigenvalue weighted by atomic mass is 16.6. The van der Waals surface area contributed by atoms with Crippen molar-refractivity contribution in [3.05, 3.63) is 60.1 Å². The van der Waals surface area contributed by atoms with Crippen LogP contribution in [0, 0.1) is 17.8 Å². The number of hydrogen-bond donors (Lipinski definition) is 0. The highest BCUT2D eigenvalue weighted by Crippen LogP contribution is 2.44. The molecule has 4 rings (SSSR count). The molecule has 1 aromatic heterocycles. The highest BCUT2D eigenvalue weighted by Gasteiger charge is 2.45. The first-order chi connectivity index (χ1) is 16.6. The van der Waals surface area contributed by atoms with Crippen LogP contribution in [0.4, 0.5) is 4.79 Å². The van der Waals surface area contributed by atoms with Crippen LogP contribution in [0.1, 0.15) is 84.1 Å². The van der Waals surface area contributed by atoms with Crippen molar-refractivity contribution in [2.24, 2.45) is 22.9 Å². The zero-order valence-electron chi connectivity index (χ0n) is 21.9. The van der Waals surface area contributed by atoms with E-state index in [-0.39, 0.29) is 18.1 Å². The van der Waals surface area contributed by atoms with Gasteiger partial charge in [0.05, 0.1) is 36.6 Å². The summed E-state index contributed by atoms with van der Waals surface area (Å²) in [6.45, 7) is 12.8. The molecule has 0 bridgehead atoms. The lowest BCUT2D eigenvalue weighted by molar-refractivity contribution is -0.0225. The van der Waals surface area contributed by atoms with Gasteiger partial charge in [-0.05, 0) is 69.1 Å². The summed E-state index contributed by atoms with van der Waals surface area (Å²) in [5.74, 6) is 2.26. The molecule has 2 heterocycles. The molecule has 1 aliphatic carbocycles. The number of benzene rings is 1. The first kappa shape index (κ1) is 25.5. The van der Waals surface area contributed by atoms with Crippen LogP contribution in [0.3, 0.4) is 0 Å². The smallest absolute Gasteiger partial charge is 0.431 e. The van der Waals surface area contributed by atoms with Crippen molar-refractivity contribution in [1.29, 1.82) is 0 Å². The normalized spacial score (nSPS) is 27.2. The van der Waals surface area contributed by atoms with Gasteiger partial charge in [0, 0.05) is 0 Å². The third kappa shape index (κ3) is 5.97. The predicted octanol–water partition coefficient (Wildman–Crippen LogP) is 7.19. The van der Waals surface area contributed by atoms with Crippen LogP contribution in [0.2, 0.25) is 0 Å². The van der Waals surface area contributed by atoms with Gasteiger partial charge < -0.3 is 13.9 Å². The van der Waals surface area contributed by atoms with E-state index in [0.29, 0.717) is 24.4 Å². The van der Waals surface area contributed by atoms with E-state index in [2.05, 4.69) is 20.8 Å². The summed E-state index contributed by atoms with van der Waals surface area (Å²) in [4.78, 5) is 13.3. The molecule has 1 amide bonds. The van der Waals surface area contributed by atoms with Crippen LogP contribution >= 0.6 is 0 Å². The lowest BCUT2D eigenvalue weighted by Gasteiger charge is -2.37. The quantitative estimate of drug-likeness (QED) is 0.439. The van der Waals surface area contributed by atoms with E-state index in [0.717, 1.165) is 23.5 Å². The van der Waals surface area contributed by atoms with Gasteiger partial charge in [-0.25, -0.2) is 4.79 Å². The fourth-order valence-corrected chi connectivity index (χ4v) is 5.44. The van der Waals surface area contributed by atoms with Crippen LogP contribution in [-0.4, -0.2) is 35.1 Å². The molecule has 35 heavy (non-hydrogen) atoms. The van der Waals surface area contributed by atoms with Crippen LogP contribution < -0.4 is 0 Å². The molecule has 1 aromatic carbocycles. The fraction of sp³-hybridized carbons (Fsp3) is 0.586. The van der Waals surface area contributed by atoms with E-state index in [4.69, 9.17) is 19.0 Å². The summed E-state index contributed by atoms with van der Waals surface area (Å²) in [5, 5.41) is 6.31. The van der Waals surface area contributed by atoms with E-state index in [1.54, 1.807) is 6.26 Å². The monoisotopic (exact) mass is 480 g/mol. The molecule has 1 fully saturated rings. The van der Waals surface area contributed by atoms with Gasteiger partial charge in [-0.1, -0.05) is 57.5 Å². The molecule has 0 radical (unpaired) electrons. The summed E-state index contributed by atoms with van der Waals surface area (Å²) in [5.41, 5.74) is 1.14. The Bertz CT molecular complexity index is 993. The minimum atomic E-state index is -0.629. The number of carbonyl (C=O) groups is 1. The maximum Gasteiger partial charge on any atom is 0.431 e. The number of ether oxygens (including phenoxy) is 2. The molecule has 190 valence electrons. The second kappa shape index (κ2) is 10.6. The zero-order valence-corrected chi connectivity index (χ0v) is 21.9. The minimum Gasteiger partial charge on any atom is -0.469 e. The standard InChI is InChI=1S/C29H40N2O4/c1-19(2)22-15-14-20(3)17-25(22)34-18-23-26(24-13-10-16-33-24)27(21-11-8-7-9-12-21)31(30-23)28(32)35-29(4,5)6/h7-13,16,19-20,22,25-27H,14-15,17-18H2,1-6H3/t20-,22+,25-,26+,27+/m1/s1. The van der Waals surface area contributed by atoms with Gasteiger partial charge >= 0.3 is 6.09 Å². The molecule has 1 aliphatic heterocycles. The van der Waals surface area contributed by atoms with Crippen molar-refractivity contribution in [3.63, 3.8) is 0 Å². The Morgan fingerprint density at radius 1 is 1.14 bits per heavy atom. The molecular formula is C29H40N2O4. The summed E-state index contributed by atoms with van der Waals surface area (Å²) in [7, 11) is 0. The molecule has 0 spiro atoms. The molecule has 2 aliphatic rings. The average molecular weight is 481 g/mol. The van der Waals surface area contributed by atoms with Crippen LogP contribution in [0.25, 0.3) is 0 Å². The first-order valence-electron chi connectivity index (χ1n) is 12.9. The third-order valence-electron chi connectivity index (χ3n) is 7.15. The van der Waals surface area contributed by atoms with Gasteiger partial charge in [0.2, 0.25) is 0 Å². The van der Waals surface area contributed by atoms with Crippen molar-refractivity contribution in [2.45, 2.75) is 84.5 Å². The Hall–Kier alpha value is -2.60. The molecule has 2 aromatic rings. The van der Waals surface area contributed by atoms with E-state index >= 15 is 0 Å². The summed E-state index contributed by atoms with van der Waals surface area (Å²) < 4.78 is 18.2. The van der Waals surface area contributed by atoms with E-state index in [9.17, 15) is 4.79 Å². The maximum absolute atomic E-state index is 13.3. The predicted molar refractivity (Wildman–Crippen MR) is 137 cm³/mol. The topological polar surface area (TPSA) is 64.3 Å². The van der Waals surface area contributed by atoms with Crippen LogP contribution in [0.5, 0.6) is 0 Å². The van der Waals surface area contributed by atoms with Gasteiger partial charge in [-0.3, -0.25) is 0 Å². The number of hydrogen-bond acceptors (Lipinski definition) is 5. The number of carbonyl (C=O) groups excluding carboxylic acids is 1. The van der Waals surface area contributed by atoms with Crippen molar-refractivity contribution in [1.82, 2.24) is 5.01 Å². The fourth-order valence-electron chi connectivity index (χ4n) is 5.44. The molecule has 1 saturated carbocycles. The molecule has 0 N–H and O–H groups in total. The minimum absolute atomic E-state index is 0.185. The first-order valence-corrected chi connectivity index (χ1v) is 12.9. The number of amides is 1. The van der Waals surface area contributed by atoms with E-state index in [1.807, 2.05) is 63.2 Å². The van der Waals surface area contributed by atoms with Crippen LogP contribution in [-0.2, 0) is 9.47 Å². The van der Waals surface area contributed by atoms with Crippen molar-refractivity contribution >= 4 is 11.8 Å². The van der Waals surface area contributed by atoms with Crippen LogP contribution in [0.15, 0.2) is 58.2 Å². The summed E-state index contributed by atoms with van der Waals surface area (Å²) >= 11 is 0. The lowest BCUT2D eigenvalue weighted by Crippen LogP contribution is -2.36. The zero-order chi connectivity index (χ0) is 25.2. The number of hydrazone groups is 1. The van der Waals surface area contributed by atoms with E-state index < -0.39 is 11.7 Å². The van der Waals surface area contributed by atoms with Crippen molar-refractivity contribution in [3.8, 4) is 0 Å². The second-order valence-electron chi connectivity index (χ2n) is 11.4. The highest BCUT2D eigenvalue weighted by molar-refractivity contribution is 5.95. The second-order valence-corrected chi connectivity index (χ2v) is 11.4. The molecule has 5 atom stereocenters. The Labute approximate surface area is 209 Å². The Morgan fingerprint density at radius 3 is 2.51 bits per heavy atom. The molecule has 0 unspecified atom stereocenters. The number of furan rings is 1. The summed E-state index contributed by atoms with van der Waals surface area (Å²) in [6.07, 6.45) is 4.88. The molecule has 6 nitrogen and oxygen atoms in total. The van der Waals surface area contributed by atoms with Gasteiger partial charge in [0.15, 0.2) is 0 Å². The Kier molecular flexibility index (Phi) is 7.70. The van der Waals surface area contributed by atoms with Gasteiger partial charge in [0.1, 0.15) is 11.4 Å². The number of nitrogens with zero attached hydrogens (tertiary/aromatic N) is 2. The SMILES string of the molecule is CC(C)[C@@H]1CC[C@@H](C)C[C@H]1OCC1=NN(C(=O)OC(C)(C)C)[C@@H](c2ccccc2)[C@@H]1c1ccco1. The third-order valence-corrected chi connectivity index (χ3v) is 7.15. The largest absolute Gasteiger partial charge is 0.469 e. The van der Waals surface area contributed by atoms with Gasteiger partial charge in [0.25, 0.3) is 0 Å². The van der Waals surface area contributed by atoms with E-state index in [1.165, 1.54) is 17.9 Å². The maximum atomic E-state index is 13.3. The molecule has 0 saturated heterocycles. The number of rotatable bonds is 6. The van der Waals surface area contributed by atoms with Crippen molar-refractivity contribution < 1.29 is 18.7 Å². The summed E-state index contributed by atoms with van der Waals surface area (Å²) in [6, 6.07) is 13.4. The van der Waals surface area contributed by atoms with Gasteiger partial charge in [-0.2, -0.15) is 10.1 Å². The Morgan fingerprint density at radius 2 is 1.89 bits per heavy atom. The molecular weight excluding hydrogens is 440 g/mol. The lowest BCUT2D eigenvalue weighted by atomic mass is 9.75. The molecule has 6 heteroatoms. The Balaban J connectivity index is 1.66.